The Labute approximate surface area is 58.2 Å². The van der Waals surface area contributed by atoms with Crippen LogP contribution in [0.1, 0.15) is 0 Å². The molecule has 1 aliphatic heterocycles. The molecular weight excluding hydrogens is 132 g/mol. The van der Waals surface area contributed by atoms with Gasteiger partial charge in [0.2, 0.25) is 0 Å². The molecule has 0 atom stereocenters. The number of nitrogens with two attached hydrogens (primary N) is 1. The number of hydroxylamine groups is 2. The zero-order valence-electron chi connectivity index (χ0n) is 5.32. The summed E-state index contributed by atoms with van der Waals surface area (Å²) in [7, 11) is 0. The van der Waals surface area contributed by atoms with Gasteiger partial charge in [0.05, 0.1) is 6.54 Å². The highest BCUT2D eigenvalue weighted by Crippen LogP contribution is 2.04. The van der Waals surface area contributed by atoms with Gasteiger partial charge in [-0.1, -0.05) is 12.2 Å². The lowest BCUT2D eigenvalue weighted by atomic mass is 10.3. The molecule has 0 fully saturated rings. The average Bonchev–Trinajstić information content (AvgIpc) is 1.88. The normalized spacial score (nSPS) is 16.9. The van der Waals surface area contributed by atoms with Crippen LogP contribution < -0.4 is 5.73 Å². The van der Waals surface area contributed by atoms with Gasteiger partial charge < -0.3 is 5.73 Å². The quantitative estimate of drug-likeness (QED) is 0.521. The van der Waals surface area contributed by atoms with Crippen molar-refractivity contribution in [2.75, 3.05) is 6.54 Å². The van der Waals surface area contributed by atoms with Crippen molar-refractivity contribution in [1.82, 2.24) is 5.06 Å². The van der Waals surface area contributed by atoms with Crippen LogP contribution in [-0.4, -0.2) is 22.7 Å². The maximum Gasteiger partial charge on any atom is 0.267 e. The van der Waals surface area contributed by atoms with Gasteiger partial charge in [0.15, 0.2) is 0 Å². The Balaban J connectivity index is 2.80. The predicted octanol–water partition coefficient (Wildman–Crippen LogP) is -0.383. The van der Waals surface area contributed by atoms with E-state index < -0.39 is 5.91 Å². The van der Waals surface area contributed by atoms with Gasteiger partial charge in [0, 0.05) is 0 Å². The van der Waals surface area contributed by atoms with Gasteiger partial charge in [-0.2, -0.15) is 0 Å². The molecule has 0 saturated carbocycles. The first kappa shape index (κ1) is 6.82. The Hall–Kier alpha value is -1.29. The van der Waals surface area contributed by atoms with E-state index in [1.807, 2.05) is 0 Å². The maximum atomic E-state index is 10.5. The summed E-state index contributed by atoms with van der Waals surface area (Å²) in [6.07, 6.45) is 4.85. The molecule has 0 unspecified atom stereocenters. The van der Waals surface area contributed by atoms with E-state index in [0.717, 1.165) is 5.06 Å². The van der Waals surface area contributed by atoms with Crippen LogP contribution in [0.15, 0.2) is 23.9 Å². The number of hydrogen-bond acceptors (Lipinski definition) is 3. The number of carbonyl (C=O) groups excluding carboxylic acids is 1. The molecule has 4 nitrogen and oxygen atoms in total. The summed E-state index contributed by atoms with van der Waals surface area (Å²) in [6, 6.07) is 0. The summed E-state index contributed by atoms with van der Waals surface area (Å²) in [5, 5.41) is 9.76. The number of carbonyl (C=O) groups is 1. The van der Waals surface area contributed by atoms with E-state index in [-0.39, 0.29) is 5.70 Å². The van der Waals surface area contributed by atoms with E-state index in [4.69, 9.17) is 10.9 Å². The summed E-state index contributed by atoms with van der Waals surface area (Å²) in [5.41, 5.74) is 5.04. The van der Waals surface area contributed by atoms with Gasteiger partial charge in [0.25, 0.3) is 5.91 Å². The fourth-order valence-corrected chi connectivity index (χ4v) is 0.714. The minimum Gasteiger partial charge on any atom is -0.364 e. The lowest BCUT2D eigenvalue weighted by Crippen LogP contribution is -2.30. The van der Waals surface area contributed by atoms with E-state index in [2.05, 4.69) is 0 Å². The Morgan fingerprint density at radius 1 is 1.80 bits per heavy atom. The van der Waals surface area contributed by atoms with Gasteiger partial charge in [-0.15, -0.1) is 0 Å². The van der Waals surface area contributed by atoms with Crippen LogP contribution in [0.2, 0.25) is 0 Å². The van der Waals surface area contributed by atoms with Crippen LogP contribution in [0.25, 0.3) is 0 Å². The second kappa shape index (κ2) is 2.53. The molecule has 3 N–H and O–H groups in total. The standard InChI is InChI=1S/C6H8N2O2/c7-6(9)5-3-1-2-4-8(5)10/h1-3,10H,4H2,(H2,7,9). The molecule has 0 radical (unpaired) electrons. The van der Waals surface area contributed by atoms with Gasteiger partial charge in [-0.3, -0.25) is 10.0 Å². The SMILES string of the molecule is NC(=O)C1=CC=CCN1O. The van der Waals surface area contributed by atoms with Gasteiger partial charge in [-0.05, 0) is 6.08 Å². The summed E-state index contributed by atoms with van der Waals surface area (Å²) in [4.78, 5) is 10.5. The Morgan fingerprint density at radius 3 is 2.90 bits per heavy atom. The Kier molecular flexibility index (Phi) is 1.73. The molecule has 1 aliphatic rings. The fraction of sp³-hybridized carbons (Fsp3) is 0.167. The number of amides is 1. The van der Waals surface area contributed by atoms with E-state index >= 15 is 0 Å². The molecule has 54 valence electrons. The third kappa shape index (κ3) is 1.16. The summed E-state index contributed by atoms with van der Waals surface area (Å²) in [5.74, 6) is -0.619. The van der Waals surface area contributed by atoms with E-state index in [1.54, 1.807) is 12.2 Å². The van der Waals surface area contributed by atoms with Gasteiger partial charge in [-0.25, -0.2) is 5.06 Å². The molecular formula is C6H8N2O2. The van der Waals surface area contributed by atoms with E-state index in [0.29, 0.717) is 6.54 Å². The van der Waals surface area contributed by atoms with Crippen molar-refractivity contribution in [2.24, 2.45) is 5.73 Å². The topological polar surface area (TPSA) is 66.6 Å². The van der Waals surface area contributed by atoms with Crippen molar-refractivity contribution in [3.8, 4) is 0 Å². The average molecular weight is 140 g/mol. The maximum absolute atomic E-state index is 10.5. The first-order valence-corrected chi connectivity index (χ1v) is 2.85. The van der Waals surface area contributed by atoms with E-state index in [1.165, 1.54) is 6.08 Å². The van der Waals surface area contributed by atoms with Crippen LogP contribution in [0, 0.1) is 0 Å². The van der Waals surface area contributed by atoms with Crippen LogP contribution in [-0.2, 0) is 4.79 Å². The molecule has 10 heavy (non-hydrogen) atoms. The third-order valence-electron chi connectivity index (χ3n) is 1.20. The smallest absolute Gasteiger partial charge is 0.267 e. The molecule has 0 spiro atoms. The zero-order chi connectivity index (χ0) is 7.56. The van der Waals surface area contributed by atoms with Gasteiger partial charge >= 0.3 is 0 Å². The highest BCUT2D eigenvalue weighted by atomic mass is 16.5. The molecule has 1 amide bonds. The highest BCUT2D eigenvalue weighted by Gasteiger charge is 2.12. The third-order valence-corrected chi connectivity index (χ3v) is 1.20. The van der Waals surface area contributed by atoms with Crippen LogP contribution in [0.3, 0.4) is 0 Å². The molecule has 0 aromatic heterocycles. The number of nitrogens with zero attached hydrogens (tertiary/aromatic N) is 1. The van der Waals surface area contributed by atoms with Gasteiger partial charge in [0.1, 0.15) is 5.70 Å². The lowest BCUT2D eigenvalue weighted by Gasteiger charge is -2.17. The first-order valence-electron chi connectivity index (χ1n) is 2.85. The largest absolute Gasteiger partial charge is 0.364 e. The van der Waals surface area contributed by atoms with Crippen molar-refractivity contribution >= 4 is 5.91 Å². The number of rotatable bonds is 1. The predicted molar refractivity (Wildman–Crippen MR) is 34.9 cm³/mol. The monoisotopic (exact) mass is 140 g/mol. The number of primary amides is 1. The number of hydrogen-bond donors (Lipinski definition) is 2. The fourth-order valence-electron chi connectivity index (χ4n) is 0.714. The van der Waals surface area contributed by atoms with Crippen LogP contribution >= 0.6 is 0 Å². The minimum absolute atomic E-state index is 0.127. The van der Waals surface area contributed by atoms with Crippen molar-refractivity contribution in [1.29, 1.82) is 0 Å². The molecule has 0 saturated heterocycles. The zero-order valence-corrected chi connectivity index (χ0v) is 5.32. The Morgan fingerprint density at radius 2 is 2.50 bits per heavy atom. The molecule has 0 aromatic carbocycles. The second-order valence-corrected chi connectivity index (χ2v) is 1.93. The lowest BCUT2D eigenvalue weighted by molar-refractivity contribution is -0.123. The molecule has 1 rings (SSSR count). The van der Waals surface area contributed by atoms with Crippen molar-refractivity contribution in [3.63, 3.8) is 0 Å². The van der Waals surface area contributed by atoms with E-state index in [9.17, 15) is 4.79 Å². The first-order chi connectivity index (χ1) is 4.72. The highest BCUT2D eigenvalue weighted by molar-refractivity contribution is 5.91. The second-order valence-electron chi connectivity index (χ2n) is 1.93. The van der Waals surface area contributed by atoms with Crippen LogP contribution in [0.5, 0.6) is 0 Å². The summed E-state index contributed by atoms with van der Waals surface area (Å²) in [6.45, 7) is 0.314. The van der Waals surface area contributed by atoms with Crippen LogP contribution in [0.4, 0.5) is 0 Å². The Bertz CT molecular complexity index is 208. The van der Waals surface area contributed by atoms with Crippen molar-refractivity contribution in [2.45, 2.75) is 0 Å². The molecule has 0 bridgehead atoms. The molecule has 1 heterocycles. The van der Waals surface area contributed by atoms with Crippen molar-refractivity contribution in [3.05, 3.63) is 23.9 Å². The minimum atomic E-state index is -0.619. The number of allylic oxidation sites excluding steroid dienone is 2. The summed E-state index contributed by atoms with van der Waals surface area (Å²) >= 11 is 0. The summed E-state index contributed by atoms with van der Waals surface area (Å²) < 4.78 is 0. The molecule has 4 heteroatoms. The molecule has 0 aliphatic carbocycles. The molecule has 0 aromatic rings. The van der Waals surface area contributed by atoms with Crippen molar-refractivity contribution < 1.29 is 10.0 Å².